The number of nitrogens with one attached hydrogen (secondary N) is 1. The number of carbonyl (C=O) groups excluding carboxylic acids is 3. The number of carbonyl (C=O) groups is 3. The number of likely N-dealkylation sites (tertiary alicyclic amines) is 2. The molecule has 2 amide bonds. The number of pyridine rings is 2. The molecular formula is C34H36BrIN9O3-. The monoisotopic (exact) mass is 824 g/mol. The molecule has 250 valence electrons. The zero-order chi connectivity index (χ0) is 33.3. The number of ketones is 1. The first-order valence-corrected chi connectivity index (χ1v) is 19.5. The molecule has 4 aromatic rings. The second-order valence-electron chi connectivity index (χ2n) is 13.6. The number of rotatable bonds is 8. The Morgan fingerprint density at radius 3 is 2.54 bits per heavy atom. The van der Waals surface area contributed by atoms with Crippen LogP contribution in [-0.4, -0.2) is 90.3 Å². The molecule has 5 atom stereocenters. The maximum absolute atomic E-state index is 14.4. The molecule has 4 fully saturated rings. The zero-order valence-electron chi connectivity index (χ0n) is 27.0. The van der Waals surface area contributed by atoms with Gasteiger partial charge in [-0.15, -0.1) is 0 Å². The predicted molar refractivity (Wildman–Crippen MR) is 178 cm³/mol. The van der Waals surface area contributed by atoms with Crippen LogP contribution in [0.5, 0.6) is 0 Å². The normalized spacial score (nSPS) is 26.3. The van der Waals surface area contributed by atoms with Crippen LogP contribution in [0.1, 0.15) is 54.5 Å². The van der Waals surface area contributed by atoms with Gasteiger partial charge in [-0.2, -0.15) is 0 Å². The molecule has 0 bridgehead atoms. The topological polar surface area (TPSA) is 139 Å². The van der Waals surface area contributed by atoms with E-state index in [1.165, 1.54) is 26.2 Å². The van der Waals surface area contributed by atoms with Gasteiger partial charge in [0.15, 0.2) is 0 Å². The van der Waals surface area contributed by atoms with Crippen LogP contribution >= 0.6 is 15.9 Å². The number of anilines is 1. The number of amides is 2. The third kappa shape index (κ3) is 5.72. The Bertz CT molecular complexity index is 1960. The minimum absolute atomic E-state index is 0.00176. The number of halogens is 2. The summed E-state index contributed by atoms with van der Waals surface area (Å²) in [6.45, 7) is 8.30. The number of aromatic nitrogens is 6. The van der Waals surface area contributed by atoms with Gasteiger partial charge in [0.05, 0.1) is 0 Å². The Morgan fingerprint density at radius 2 is 1.81 bits per heavy atom. The Labute approximate surface area is 296 Å². The summed E-state index contributed by atoms with van der Waals surface area (Å²) >= 11 is 3.10. The summed E-state index contributed by atoms with van der Waals surface area (Å²) < 4.78 is 2.27. The van der Waals surface area contributed by atoms with Gasteiger partial charge >= 0.3 is 286 Å². The van der Waals surface area contributed by atoms with Crippen LogP contribution in [0, 0.1) is 25.7 Å². The van der Waals surface area contributed by atoms with Gasteiger partial charge in [-0.3, -0.25) is 0 Å². The van der Waals surface area contributed by atoms with Gasteiger partial charge in [0.25, 0.3) is 0 Å². The fraction of sp³-hybridized carbons (Fsp3) is 0.471. The third-order valence-corrected chi connectivity index (χ3v) is 15.1. The average molecular weight is 826 g/mol. The first kappa shape index (κ1) is 31.9. The molecule has 1 N–H and O–H groups in total. The Hall–Kier alpha value is -3.37. The van der Waals surface area contributed by atoms with Gasteiger partial charge in [0.1, 0.15) is 5.82 Å². The van der Waals surface area contributed by atoms with E-state index in [0.717, 1.165) is 42.6 Å². The Morgan fingerprint density at radius 1 is 1.06 bits per heavy atom. The molecule has 48 heavy (non-hydrogen) atoms. The number of alkyl halides is 2. The van der Waals surface area contributed by atoms with Gasteiger partial charge in [-0.1, -0.05) is 0 Å². The van der Waals surface area contributed by atoms with E-state index in [1.807, 2.05) is 30.9 Å². The van der Waals surface area contributed by atoms with Crippen LogP contribution in [0.3, 0.4) is 0 Å². The summed E-state index contributed by atoms with van der Waals surface area (Å²) in [6, 6.07) is 4.93. The number of fused-ring (bicyclic) bond motifs is 3. The van der Waals surface area contributed by atoms with E-state index >= 15 is 0 Å². The van der Waals surface area contributed by atoms with Crippen LogP contribution in [0.15, 0.2) is 41.4 Å². The maximum atomic E-state index is 14.4. The van der Waals surface area contributed by atoms with Crippen molar-refractivity contribution in [2.24, 2.45) is 11.8 Å². The summed E-state index contributed by atoms with van der Waals surface area (Å²) in [5.74, 6) is 2.12. The fourth-order valence-corrected chi connectivity index (χ4v) is 12.3. The van der Waals surface area contributed by atoms with E-state index in [4.69, 9.17) is 0 Å². The molecule has 4 aromatic heterocycles. The van der Waals surface area contributed by atoms with Crippen LogP contribution in [0.4, 0.5) is 5.82 Å². The summed E-state index contributed by atoms with van der Waals surface area (Å²) in [7, 11) is 0. The number of hydrogen-bond acceptors (Lipinski definition) is 9. The van der Waals surface area contributed by atoms with Crippen LogP contribution in [-0.2, 0) is 16.1 Å². The van der Waals surface area contributed by atoms with E-state index in [-0.39, 0.29) is 58.5 Å². The standard InChI is InChI=1S/C34H36BrIN9O3/c1-18-7-8-28(35)40-31(18)41-32(48)26-10-34(17-43-14-21-5-4-6-22(21)15-43)33(36-34)45(26)29(47)16-44-27-13-39-25(23-11-37-20(3)38-12-23)9-24(27)30(42-44)19(2)46/h7-9,11-13,21-22,26,33H,4-6,10,14-17H2,1-3H3,(H,40,41,48)/q-1/t21-,22+,26-,33-,34-/m0/s1. The molecule has 3 saturated heterocycles. The van der Waals surface area contributed by atoms with Crippen molar-refractivity contribution in [3.8, 4) is 11.3 Å². The molecular weight excluding hydrogens is 789 g/mol. The Kier molecular flexibility index (Phi) is 8.10. The van der Waals surface area contributed by atoms with E-state index in [9.17, 15) is 14.4 Å². The molecule has 8 rings (SSSR count). The summed E-state index contributed by atoms with van der Waals surface area (Å²) in [6.07, 6.45) is 9.66. The van der Waals surface area contributed by atoms with Crippen LogP contribution in [0.25, 0.3) is 22.2 Å². The van der Waals surface area contributed by atoms with Gasteiger partial charge in [-0.05, 0) is 6.92 Å². The fourth-order valence-electron chi connectivity index (χ4n) is 7.90. The molecule has 0 radical (unpaired) electrons. The quantitative estimate of drug-likeness (QED) is 0.0908. The molecule has 0 unspecified atom stereocenters. The predicted octanol–water partition coefficient (Wildman–Crippen LogP) is 1.00. The van der Waals surface area contributed by atoms with E-state index in [2.05, 4.69) is 51.2 Å². The molecule has 4 aliphatic rings. The number of Topliss-reactive ketones (excluding diaryl/α,β-unsaturated/α-hetero) is 1. The number of aryl methyl sites for hydroxylation is 2. The van der Waals surface area contributed by atoms with Crippen molar-refractivity contribution in [3.05, 3.63) is 58.5 Å². The number of hydrogen-bond donors (Lipinski definition) is 1. The second-order valence-corrected chi connectivity index (χ2v) is 18.4. The van der Waals surface area contributed by atoms with Crippen molar-refractivity contribution < 1.29 is 35.6 Å². The first-order valence-electron chi connectivity index (χ1n) is 16.4. The van der Waals surface area contributed by atoms with Gasteiger partial charge in [0.2, 0.25) is 0 Å². The molecule has 1 saturated carbocycles. The van der Waals surface area contributed by atoms with Gasteiger partial charge in [-0.25, -0.2) is 0 Å². The number of nitrogens with zero attached hydrogens (tertiary/aromatic N) is 8. The van der Waals surface area contributed by atoms with Crippen molar-refractivity contribution in [1.29, 1.82) is 0 Å². The second kappa shape index (κ2) is 12.2. The molecule has 0 spiro atoms. The zero-order valence-corrected chi connectivity index (χ0v) is 30.7. The van der Waals surface area contributed by atoms with Gasteiger partial charge in [0, 0.05) is 0 Å². The van der Waals surface area contributed by atoms with Crippen LogP contribution in [0.2, 0.25) is 0 Å². The third-order valence-electron chi connectivity index (χ3n) is 10.3. The van der Waals surface area contributed by atoms with Crippen molar-refractivity contribution in [1.82, 2.24) is 39.5 Å². The first-order chi connectivity index (χ1) is 23.1. The van der Waals surface area contributed by atoms with Gasteiger partial charge < -0.3 is 0 Å². The SMILES string of the molecule is CC(=O)c1nn(CC(=O)N2[C@H](C(=O)Nc3nc(Br)ccc3C)C[C@@]3(CN4C[C@H]5CCC[C@H]5C4)[I-][C@@H]23)c2cnc(-c3cnc(C)nc3)cc12. The summed E-state index contributed by atoms with van der Waals surface area (Å²) in [5, 5.41) is 8.26. The van der Waals surface area contributed by atoms with Crippen LogP contribution < -0.4 is 26.5 Å². The average Bonchev–Trinajstić information content (AvgIpc) is 3.46. The molecule has 1 aliphatic carbocycles. The molecule has 14 heteroatoms. The molecule has 7 heterocycles. The summed E-state index contributed by atoms with van der Waals surface area (Å²) in [5.41, 5.74) is 3.04. The molecule has 3 aliphatic heterocycles. The minimum atomic E-state index is -0.612. The molecule has 0 aromatic carbocycles. The van der Waals surface area contributed by atoms with E-state index in [1.54, 1.807) is 29.3 Å². The van der Waals surface area contributed by atoms with E-state index in [0.29, 0.717) is 39.3 Å². The van der Waals surface area contributed by atoms with Crippen molar-refractivity contribution in [2.45, 2.75) is 66.5 Å². The van der Waals surface area contributed by atoms with Crippen molar-refractivity contribution >= 4 is 50.2 Å². The summed E-state index contributed by atoms with van der Waals surface area (Å²) in [4.78, 5) is 63.2. The van der Waals surface area contributed by atoms with E-state index < -0.39 is 6.04 Å². The van der Waals surface area contributed by atoms with Crippen molar-refractivity contribution in [3.63, 3.8) is 0 Å². The molecule has 12 nitrogen and oxygen atoms in total. The Balaban J connectivity index is 1.08. The van der Waals surface area contributed by atoms with Crippen molar-refractivity contribution in [2.75, 3.05) is 25.0 Å².